The number of carbonyl (C=O) groups excluding carboxylic acids is 2. The molecule has 170 valence electrons. The van der Waals surface area contributed by atoms with E-state index < -0.39 is 11.9 Å². The van der Waals surface area contributed by atoms with Gasteiger partial charge in [-0.1, -0.05) is 22.0 Å². The van der Waals surface area contributed by atoms with E-state index in [1.807, 2.05) is 20.0 Å². The number of aryl methyl sites for hydroxylation is 2. The fourth-order valence-electron chi connectivity index (χ4n) is 3.82. The van der Waals surface area contributed by atoms with Crippen LogP contribution in [0.3, 0.4) is 0 Å². The van der Waals surface area contributed by atoms with E-state index >= 15 is 0 Å². The van der Waals surface area contributed by atoms with Gasteiger partial charge in [0.25, 0.3) is 5.91 Å². The molecule has 0 radical (unpaired) electrons. The third-order valence-electron chi connectivity index (χ3n) is 5.37. The van der Waals surface area contributed by atoms with Crippen molar-refractivity contribution in [2.45, 2.75) is 6.92 Å². The summed E-state index contributed by atoms with van der Waals surface area (Å²) in [6.45, 7) is 5.22. The van der Waals surface area contributed by atoms with Crippen LogP contribution in [-0.4, -0.2) is 64.8 Å². The van der Waals surface area contributed by atoms with Crippen LogP contribution in [0.5, 0.6) is 0 Å². The zero-order valence-electron chi connectivity index (χ0n) is 18.1. The van der Waals surface area contributed by atoms with Crippen LogP contribution < -0.4 is 15.5 Å². The molecule has 9 nitrogen and oxygen atoms in total. The molecule has 1 aromatic carbocycles. The highest BCUT2D eigenvalue weighted by atomic mass is 79.9. The van der Waals surface area contributed by atoms with E-state index in [2.05, 4.69) is 53.5 Å². The molecular formula is C21H25BrClN7O2. The lowest BCUT2D eigenvalue weighted by atomic mass is 10.1. The Labute approximate surface area is 200 Å². The molecule has 0 bridgehead atoms. The van der Waals surface area contributed by atoms with Crippen LogP contribution in [0.4, 0.5) is 16.2 Å². The van der Waals surface area contributed by atoms with E-state index in [4.69, 9.17) is 0 Å². The molecule has 1 fully saturated rings. The molecular weight excluding hydrogens is 498 g/mol. The molecule has 0 unspecified atom stereocenters. The number of imide groups is 1. The van der Waals surface area contributed by atoms with Gasteiger partial charge in [-0.3, -0.25) is 14.8 Å². The van der Waals surface area contributed by atoms with E-state index in [0.29, 0.717) is 16.9 Å². The number of aromatic nitrogens is 3. The molecule has 2 aromatic heterocycles. The number of hydrogen-bond acceptors (Lipinski definition) is 6. The van der Waals surface area contributed by atoms with Crippen molar-refractivity contribution in [3.63, 3.8) is 0 Å². The van der Waals surface area contributed by atoms with Gasteiger partial charge >= 0.3 is 6.03 Å². The van der Waals surface area contributed by atoms with Crippen molar-refractivity contribution in [1.29, 1.82) is 0 Å². The lowest BCUT2D eigenvalue weighted by Gasteiger charge is -2.35. The van der Waals surface area contributed by atoms with Crippen LogP contribution in [0.25, 0.3) is 11.0 Å². The van der Waals surface area contributed by atoms with Crippen LogP contribution in [0, 0.1) is 6.92 Å². The molecule has 1 aliphatic rings. The Morgan fingerprint density at radius 1 is 1.12 bits per heavy atom. The van der Waals surface area contributed by atoms with Crippen LogP contribution >= 0.6 is 28.3 Å². The maximum absolute atomic E-state index is 13.1. The maximum atomic E-state index is 13.1. The fraction of sp³-hybridized carbons (Fsp3) is 0.333. The van der Waals surface area contributed by atoms with Crippen molar-refractivity contribution in [2.75, 3.05) is 43.4 Å². The van der Waals surface area contributed by atoms with Crippen LogP contribution in [0.15, 0.2) is 34.9 Å². The van der Waals surface area contributed by atoms with Gasteiger partial charge in [0.05, 0.1) is 22.3 Å². The van der Waals surface area contributed by atoms with Gasteiger partial charge in [-0.2, -0.15) is 5.10 Å². The number of fused-ring (bicyclic) bond motifs is 1. The van der Waals surface area contributed by atoms with E-state index in [-0.39, 0.29) is 12.4 Å². The second-order valence-electron chi connectivity index (χ2n) is 7.64. The van der Waals surface area contributed by atoms with Gasteiger partial charge in [-0.15, -0.1) is 12.4 Å². The SMILES string of the molecule is Cc1nn(C)c2ncc(C(=O)NC(=O)Nc3cccc(Br)c3)c(N3CCN(C)CC3)c12.Cl. The number of urea groups is 1. The van der Waals surface area contributed by atoms with Gasteiger partial charge in [0.15, 0.2) is 5.65 Å². The average molecular weight is 523 g/mol. The number of benzene rings is 1. The van der Waals surface area contributed by atoms with Gasteiger partial charge in [0.2, 0.25) is 0 Å². The normalized spacial score (nSPS) is 14.2. The summed E-state index contributed by atoms with van der Waals surface area (Å²) in [4.78, 5) is 34.5. The number of rotatable bonds is 3. The first kappa shape index (κ1) is 24.0. The van der Waals surface area contributed by atoms with Gasteiger partial charge < -0.3 is 15.1 Å². The third-order valence-corrected chi connectivity index (χ3v) is 5.87. The Morgan fingerprint density at radius 2 is 1.84 bits per heavy atom. The summed E-state index contributed by atoms with van der Waals surface area (Å²) in [6, 6.07) is 6.56. The molecule has 3 amide bonds. The summed E-state index contributed by atoms with van der Waals surface area (Å²) in [6.07, 6.45) is 1.53. The minimum absolute atomic E-state index is 0. The van der Waals surface area contributed by atoms with Crippen molar-refractivity contribution in [2.24, 2.45) is 7.05 Å². The standard InChI is InChI=1S/C21H24BrN7O2.ClH/c1-13-17-18(29-9-7-27(2)8-10-29)16(12-23-19(17)28(3)26-13)20(30)25-21(31)24-15-6-4-5-14(22)11-15;/h4-6,11-12H,7-10H2,1-3H3,(H2,24,25,30,31);1H. The first-order chi connectivity index (χ1) is 14.8. The third kappa shape index (κ3) is 4.87. The van der Waals surface area contributed by atoms with E-state index in [1.165, 1.54) is 6.20 Å². The summed E-state index contributed by atoms with van der Waals surface area (Å²) in [5, 5.41) is 10.4. The Balaban J connectivity index is 0.00000289. The Bertz CT molecular complexity index is 1160. The monoisotopic (exact) mass is 521 g/mol. The van der Waals surface area contributed by atoms with Crippen LogP contribution in [0.1, 0.15) is 16.1 Å². The summed E-state index contributed by atoms with van der Waals surface area (Å²) in [5.41, 5.74) is 3.22. The van der Waals surface area contributed by atoms with E-state index in [0.717, 1.165) is 47.4 Å². The molecule has 0 saturated carbocycles. The highest BCUT2D eigenvalue weighted by molar-refractivity contribution is 9.10. The van der Waals surface area contributed by atoms with Crippen LogP contribution in [0.2, 0.25) is 0 Å². The van der Waals surface area contributed by atoms with Crippen molar-refractivity contribution >= 4 is 62.7 Å². The van der Waals surface area contributed by atoms with Gasteiger partial charge in [0, 0.05) is 49.6 Å². The van der Waals surface area contributed by atoms with Gasteiger partial charge in [-0.25, -0.2) is 9.78 Å². The first-order valence-electron chi connectivity index (χ1n) is 9.97. The van der Waals surface area contributed by atoms with E-state index in [9.17, 15) is 9.59 Å². The topological polar surface area (TPSA) is 95.4 Å². The second-order valence-corrected chi connectivity index (χ2v) is 8.55. The molecule has 3 aromatic rings. The number of carbonyl (C=O) groups is 2. The highest BCUT2D eigenvalue weighted by Gasteiger charge is 2.26. The molecule has 0 aliphatic carbocycles. The number of pyridine rings is 1. The minimum atomic E-state index is -0.601. The summed E-state index contributed by atoms with van der Waals surface area (Å²) < 4.78 is 2.54. The zero-order chi connectivity index (χ0) is 22.1. The van der Waals surface area contributed by atoms with Gasteiger partial charge in [-0.05, 0) is 32.2 Å². The molecule has 3 heterocycles. The molecule has 11 heteroatoms. The molecule has 1 aliphatic heterocycles. The number of likely N-dealkylation sites (N-methyl/N-ethyl adjacent to an activating group) is 1. The molecule has 4 rings (SSSR count). The van der Waals surface area contributed by atoms with Crippen molar-refractivity contribution in [3.8, 4) is 0 Å². The highest BCUT2D eigenvalue weighted by Crippen LogP contribution is 2.32. The van der Waals surface area contributed by atoms with Crippen molar-refractivity contribution in [3.05, 3.63) is 46.2 Å². The number of amides is 3. The summed E-state index contributed by atoms with van der Waals surface area (Å²) in [7, 11) is 3.91. The summed E-state index contributed by atoms with van der Waals surface area (Å²) in [5.74, 6) is -0.501. The molecule has 0 atom stereocenters. The lowest BCUT2D eigenvalue weighted by Crippen LogP contribution is -2.45. The zero-order valence-corrected chi connectivity index (χ0v) is 20.5. The van der Waals surface area contributed by atoms with Crippen molar-refractivity contribution in [1.82, 2.24) is 25.0 Å². The maximum Gasteiger partial charge on any atom is 0.326 e. The number of nitrogens with zero attached hydrogens (tertiary/aromatic N) is 5. The van der Waals surface area contributed by atoms with Crippen LogP contribution in [-0.2, 0) is 7.05 Å². The number of hydrogen-bond donors (Lipinski definition) is 2. The average Bonchev–Trinajstić information content (AvgIpc) is 3.01. The van der Waals surface area contributed by atoms with Crippen molar-refractivity contribution < 1.29 is 9.59 Å². The van der Waals surface area contributed by atoms with Gasteiger partial charge in [0.1, 0.15) is 0 Å². The number of nitrogens with one attached hydrogen (secondary N) is 2. The lowest BCUT2D eigenvalue weighted by molar-refractivity contribution is 0.0967. The number of anilines is 2. The fourth-order valence-corrected chi connectivity index (χ4v) is 4.22. The number of piperazine rings is 1. The van der Waals surface area contributed by atoms with E-state index in [1.54, 1.807) is 22.9 Å². The smallest absolute Gasteiger partial charge is 0.326 e. The molecule has 2 N–H and O–H groups in total. The Kier molecular flexibility index (Phi) is 7.37. The predicted molar refractivity (Wildman–Crippen MR) is 131 cm³/mol. The minimum Gasteiger partial charge on any atom is -0.368 e. The molecule has 1 saturated heterocycles. The molecule has 32 heavy (non-hydrogen) atoms. The first-order valence-corrected chi connectivity index (χ1v) is 10.8. The number of halogens is 2. The Morgan fingerprint density at radius 3 is 2.53 bits per heavy atom. The molecule has 0 spiro atoms. The largest absolute Gasteiger partial charge is 0.368 e. The second kappa shape index (κ2) is 9.85. The summed E-state index contributed by atoms with van der Waals surface area (Å²) >= 11 is 3.37. The quantitative estimate of drug-likeness (QED) is 0.549. The predicted octanol–water partition coefficient (Wildman–Crippen LogP) is 3.17. The Hall–Kier alpha value is -2.69.